The Morgan fingerprint density at radius 3 is 2.69 bits per heavy atom. The average Bonchev–Trinajstić information content (AvgIpc) is 2.56. The molecule has 0 aliphatic carbocycles. The highest BCUT2D eigenvalue weighted by molar-refractivity contribution is 7.89. The molecule has 0 saturated heterocycles. The number of rotatable bonds is 7. The second kappa shape index (κ2) is 7.83. The van der Waals surface area contributed by atoms with E-state index in [1.54, 1.807) is 0 Å². The summed E-state index contributed by atoms with van der Waals surface area (Å²) in [5.74, 6) is -1.56. The number of nitrogens with two attached hydrogens (primary N) is 2. The van der Waals surface area contributed by atoms with E-state index < -0.39 is 22.0 Å². The molecule has 0 amide bonds. The zero-order chi connectivity index (χ0) is 19.5. The molecule has 6 N–H and O–H groups in total. The van der Waals surface area contributed by atoms with Gasteiger partial charge in [0.25, 0.3) is 0 Å². The number of aliphatic carboxylic acids is 1. The summed E-state index contributed by atoms with van der Waals surface area (Å²) in [5, 5.41) is 10.1. The molecular formula is C14H16ClN5O5S. The minimum absolute atomic E-state index is 0.0770. The number of nitrogens with zero attached hydrogens (tertiary/aromatic N) is 2. The number of sulfonamides is 1. The van der Waals surface area contributed by atoms with Crippen LogP contribution in [0.2, 0.25) is 5.02 Å². The molecule has 1 aromatic heterocycles. The molecule has 2 aromatic rings. The summed E-state index contributed by atoms with van der Waals surface area (Å²) in [6.07, 6.45) is 1.33. The van der Waals surface area contributed by atoms with Crippen molar-refractivity contribution in [2.45, 2.75) is 10.9 Å². The highest BCUT2D eigenvalue weighted by Gasteiger charge is 2.26. The summed E-state index contributed by atoms with van der Waals surface area (Å²) in [5.41, 5.74) is 10.7. The summed E-state index contributed by atoms with van der Waals surface area (Å²) in [6.45, 7) is -0.339. The van der Waals surface area contributed by atoms with Crippen molar-refractivity contribution in [2.75, 3.05) is 13.7 Å². The van der Waals surface area contributed by atoms with Gasteiger partial charge in [-0.3, -0.25) is 4.79 Å². The number of carboxylic acids is 1. The molecule has 2 rings (SSSR count). The second-order valence-corrected chi connectivity index (χ2v) is 7.26. The fraction of sp³-hybridized carbons (Fsp3) is 0.214. The van der Waals surface area contributed by atoms with Crippen LogP contribution in [0.25, 0.3) is 10.8 Å². The van der Waals surface area contributed by atoms with Crippen LogP contribution in [-0.4, -0.2) is 50.2 Å². The lowest BCUT2D eigenvalue weighted by Crippen LogP contribution is -2.43. The minimum atomic E-state index is -4.17. The van der Waals surface area contributed by atoms with E-state index in [1.165, 1.54) is 31.5 Å². The van der Waals surface area contributed by atoms with E-state index in [0.717, 1.165) is 0 Å². The van der Waals surface area contributed by atoms with Crippen molar-refractivity contribution in [1.29, 1.82) is 0 Å². The predicted octanol–water partition coefficient (Wildman–Crippen LogP) is 0.171. The number of carboxylic acid groups (broad SMARTS) is 1. The van der Waals surface area contributed by atoms with Crippen molar-refractivity contribution in [3.8, 4) is 0 Å². The molecule has 12 heteroatoms. The van der Waals surface area contributed by atoms with E-state index in [4.69, 9.17) is 32.9 Å². The summed E-state index contributed by atoms with van der Waals surface area (Å²) in [7, 11) is -2.91. The van der Waals surface area contributed by atoms with Gasteiger partial charge in [0, 0.05) is 24.1 Å². The van der Waals surface area contributed by atoms with Crippen molar-refractivity contribution in [1.82, 2.24) is 9.71 Å². The third-order valence-electron chi connectivity index (χ3n) is 3.26. The lowest BCUT2D eigenvalue weighted by Gasteiger charge is -2.14. The summed E-state index contributed by atoms with van der Waals surface area (Å²) < 4.78 is 31.8. The van der Waals surface area contributed by atoms with E-state index in [9.17, 15) is 13.2 Å². The van der Waals surface area contributed by atoms with Gasteiger partial charge in [-0.05, 0) is 12.1 Å². The zero-order valence-corrected chi connectivity index (χ0v) is 15.1. The Labute approximate surface area is 153 Å². The van der Waals surface area contributed by atoms with Crippen molar-refractivity contribution in [3.63, 3.8) is 0 Å². The smallest absolute Gasteiger partial charge is 0.324 e. The lowest BCUT2D eigenvalue weighted by atomic mass is 10.1. The quantitative estimate of drug-likeness (QED) is 0.375. The molecule has 0 bridgehead atoms. The van der Waals surface area contributed by atoms with E-state index in [2.05, 4.69) is 14.7 Å². The Morgan fingerprint density at radius 2 is 2.12 bits per heavy atom. The van der Waals surface area contributed by atoms with Gasteiger partial charge in [-0.2, -0.15) is 9.71 Å². The van der Waals surface area contributed by atoms with Gasteiger partial charge in [-0.15, -0.1) is 0 Å². The maximum Gasteiger partial charge on any atom is 0.324 e. The lowest BCUT2D eigenvalue weighted by molar-refractivity contribution is -0.140. The Balaban J connectivity index is 2.56. The Morgan fingerprint density at radius 1 is 1.42 bits per heavy atom. The molecule has 0 unspecified atom stereocenters. The number of hydrogen-bond acceptors (Lipinski definition) is 6. The molecule has 1 atom stereocenters. The first-order chi connectivity index (χ1) is 12.2. The molecule has 0 saturated carbocycles. The number of nitrogens with one attached hydrogen (secondary N) is 1. The predicted molar refractivity (Wildman–Crippen MR) is 95.8 cm³/mol. The SMILES string of the molecule is COC[C@@H](NS(=O)(=O)c1ccc2c(Cl)cnc(N=C(N)N)c2c1)C(=O)O. The van der Waals surface area contributed by atoms with Crippen LogP contribution < -0.4 is 16.2 Å². The molecule has 0 fully saturated rings. The van der Waals surface area contributed by atoms with Gasteiger partial charge in [0.2, 0.25) is 10.0 Å². The second-order valence-electron chi connectivity index (χ2n) is 5.14. The van der Waals surface area contributed by atoms with Crippen LogP contribution in [0, 0.1) is 0 Å². The number of methoxy groups -OCH3 is 1. The van der Waals surface area contributed by atoms with Crippen LogP contribution in [0.5, 0.6) is 0 Å². The van der Waals surface area contributed by atoms with Crippen LogP contribution in [-0.2, 0) is 19.6 Å². The maximum atomic E-state index is 12.5. The molecule has 1 aromatic carbocycles. The van der Waals surface area contributed by atoms with Crippen LogP contribution in [0.1, 0.15) is 0 Å². The maximum absolute atomic E-state index is 12.5. The number of pyridine rings is 1. The van der Waals surface area contributed by atoms with Gasteiger partial charge in [0.1, 0.15) is 6.04 Å². The zero-order valence-electron chi connectivity index (χ0n) is 13.5. The van der Waals surface area contributed by atoms with Gasteiger partial charge in [-0.25, -0.2) is 13.4 Å². The number of aliphatic imine (C=N–C) groups is 1. The average molecular weight is 402 g/mol. The monoisotopic (exact) mass is 401 g/mol. The molecule has 140 valence electrons. The van der Waals surface area contributed by atoms with Gasteiger partial charge >= 0.3 is 5.97 Å². The van der Waals surface area contributed by atoms with Crippen LogP contribution in [0.4, 0.5) is 5.82 Å². The van der Waals surface area contributed by atoms with Crippen molar-refractivity contribution < 1.29 is 23.1 Å². The van der Waals surface area contributed by atoms with Crippen LogP contribution in [0.15, 0.2) is 34.3 Å². The number of carbonyl (C=O) groups is 1. The van der Waals surface area contributed by atoms with Gasteiger partial charge in [0.15, 0.2) is 11.8 Å². The number of fused-ring (bicyclic) bond motifs is 1. The first kappa shape index (κ1) is 19.8. The number of halogens is 1. The Kier molecular flexibility index (Phi) is 5.97. The standard InChI is InChI=1S/C14H16ClN5O5S/c1-25-6-11(13(21)22)20-26(23,24)7-2-3-8-9(4-7)12(19-14(16)17)18-5-10(8)15/h2-5,11,20H,6H2,1H3,(H,21,22)(H4,16,17,18,19)/t11-/m1/s1. The van der Waals surface area contributed by atoms with Crippen molar-refractivity contribution in [3.05, 3.63) is 29.4 Å². The molecular weight excluding hydrogens is 386 g/mol. The first-order valence-corrected chi connectivity index (χ1v) is 8.94. The number of aromatic nitrogens is 1. The van der Waals surface area contributed by atoms with Crippen molar-refractivity contribution in [2.24, 2.45) is 16.5 Å². The Hall–Kier alpha value is -2.47. The van der Waals surface area contributed by atoms with E-state index in [0.29, 0.717) is 5.39 Å². The summed E-state index contributed by atoms with van der Waals surface area (Å²) in [4.78, 5) is 18.8. The number of benzene rings is 1. The minimum Gasteiger partial charge on any atom is -0.480 e. The number of ether oxygens (including phenoxy) is 1. The summed E-state index contributed by atoms with van der Waals surface area (Å²) >= 11 is 6.07. The third-order valence-corrected chi connectivity index (χ3v) is 5.03. The first-order valence-electron chi connectivity index (χ1n) is 7.07. The molecule has 10 nitrogen and oxygen atoms in total. The molecule has 0 aliphatic rings. The Bertz CT molecular complexity index is 975. The molecule has 0 radical (unpaired) electrons. The number of guanidine groups is 1. The highest BCUT2D eigenvalue weighted by atomic mass is 35.5. The van der Waals surface area contributed by atoms with Crippen molar-refractivity contribution >= 4 is 50.1 Å². The fourth-order valence-corrected chi connectivity index (χ4v) is 3.54. The van der Waals surface area contributed by atoms with E-state index in [-0.39, 0.29) is 33.7 Å². The van der Waals surface area contributed by atoms with Gasteiger partial charge in [-0.1, -0.05) is 17.7 Å². The largest absolute Gasteiger partial charge is 0.480 e. The third kappa shape index (κ3) is 4.38. The number of hydrogen-bond donors (Lipinski definition) is 4. The molecule has 1 heterocycles. The van der Waals surface area contributed by atoms with Crippen LogP contribution >= 0.6 is 11.6 Å². The van der Waals surface area contributed by atoms with Gasteiger partial charge < -0.3 is 21.3 Å². The highest BCUT2D eigenvalue weighted by Crippen LogP contribution is 2.31. The summed E-state index contributed by atoms with van der Waals surface area (Å²) in [6, 6.07) is 2.53. The van der Waals surface area contributed by atoms with E-state index in [1.807, 2.05) is 0 Å². The molecule has 0 spiro atoms. The van der Waals surface area contributed by atoms with E-state index >= 15 is 0 Å². The fourth-order valence-electron chi connectivity index (χ4n) is 2.13. The van der Waals surface area contributed by atoms with Gasteiger partial charge in [0.05, 0.1) is 16.5 Å². The molecule has 26 heavy (non-hydrogen) atoms. The normalized spacial score (nSPS) is 12.7. The molecule has 0 aliphatic heterocycles. The topological polar surface area (TPSA) is 170 Å². The van der Waals surface area contributed by atoms with Crippen LogP contribution in [0.3, 0.4) is 0 Å².